The molecule has 0 unspecified atom stereocenters. The molecule has 5 nitrogen and oxygen atoms in total. The number of carbonyl (C=O) groups is 1. The van der Waals surface area contributed by atoms with Crippen molar-refractivity contribution in [2.45, 2.75) is 39.0 Å². The molecule has 1 aliphatic rings. The van der Waals surface area contributed by atoms with E-state index in [1.807, 2.05) is 6.07 Å². The van der Waals surface area contributed by atoms with Gasteiger partial charge in [-0.15, -0.1) is 0 Å². The van der Waals surface area contributed by atoms with Gasteiger partial charge in [0.05, 0.1) is 0 Å². The van der Waals surface area contributed by atoms with Crippen LogP contribution in [0.3, 0.4) is 0 Å². The SMILES string of the molecule is CCCc1noc(CCC(=O)Nc2ccc3c(c2)Cc2ccccc2-3)n1. The van der Waals surface area contributed by atoms with Crippen molar-refractivity contribution < 1.29 is 9.32 Å². The fraction of sp³-hybridized carbons (Fsp3) is 0.286. The zero-order valence-corrected chi connectivity index (χ0v) is 14.8. The molecule has 1 aromatic heterocycles. The number of rotatable bonds is 6. The predicted molar refractivity (Wildman–Crippen MR) is 99.9 cm³/mol. The van der Waals surface area contributed by atoms with Gasteiger partial charge in [0.1, 0.15) is 0 Å². The number of anilines is 1. The highest BCUT2D eigenvalue weighted by molar-refractivity contribution is 5.91. The van der Waals surface area contributed by atoms with Gasteiger partial charge in [0, 0.05) is 24.9 Å². The molecule has 1 aliphatic carbocycles. The van der Waals surface area contributed by atoms with Crippen LogP contribution in [0.4, 0.5) is 5.69 Å². The molecule has 2 aromatic carbocycles. The maximum Gasteiger partial charge on any atom is 0.227 e. The Kier molecular flexibility index (Phi) is 4.52. The highest BCUT2D eigenvalue weighted by atomic mass is 16.5. The fourth-order valence-corrected chi connectivity index (χ4v) is 3.38. The Labute approximate surface area is 152 Å². The van der Waals surface area contributed by atoms with Crippen LogP contribution in [0, 0.1) is 0 Å². The molecule has 132 valence electrons. The summed E-state index contributed by atoms with van der Waals surface area (Å²) >= 11 is 0. The van der Waals surface area contributed by atoms with Crippen LogP contribution in [-0.2, 0) is 24.1 Å². The predicted octanol–water partition coefficient (Wildman–Crippen LogP) is 4.16. The molecule has 3 aromatic rings. The smallest absolute Gasteiger partial charge is 0.227 e. The first kappa shape index (κ1) is 16.5. The number of amides is 1. The quantitative estimate of drug-likeness (QED) is 0.568. The first-order chi connectivity index (χ1) is 12.7. The lowest BCUT2D eigenvalue weighted by atomic mass is 10.1. The van der Waals surface area contributed by atoms with Crippen LogP contribution in [0.2, 0.25) is 0 Å². The normalized spacial score (nSPS) is 11.9. The summed E-state index contributed by atoms with van der Waals surface area (Å²) in [6.07, 6.45) is 3.47. The van der Waals surface area contributed by atoms with Crippen molar-refractivity contribution >= 4 is 11.6 Å². The number of nitrogens with zero attached hydrogens (tertiary/aromatic N) is 2. The minimum absolute atomic E-state index is 0.0456. The van der Waals surface area contributed by atoms with Crippen molar-refractivity contribution in [1.82, 2.24) is 10.1 Å². The van der Waals surface area contributed by atoms with Crippen molar-refractivity contribution in [3.8, 4) is 11.1 Å². The number of hydrogen-bond acceptors (Lipinski definition) is 4. The summed E-state index contributed by atoms with van der Waals surface area (Å²) in [6, 6.07) is 14.6. The van der Waals surface area contributed by atoms with E-state index in [1.165, 1.54) is 22.3 Å². The van der Waals surface area contributed by atoms with Crippen molar-refractivity contribution in [3.63, 3.8) is 0 Å². The van der Waals surface area contributed by atoms with E-state index in [-0.39, 0.29) is 5.91 Å². The topological polar surface area (TPSA) is 68.0 Å². The second kappa shape index (κ2) is 7.12. The molecule has 0 spiro atoms. The third-order valence-corrected chi connectivity index (χ3v) is 4.63. The Balaban J connectivity index is 1.37. The molecule has 0 atom stereocenters. The van der Waals surface area contributed by atoms with Crippen molar-refractivity contribution in [2.24, 2.45) is 0 Å². The van der Waals surface area contributed by atoms with Crippen molar-refractivity contribution in [3.05, 3.63) is 65.3 Å². The Hall–Kier alpha value is -2.95. The molecule has 0 radical (unpaired) electrons. The number of hydrogen-bond donors (Lipinski definition) is 1. The average Bonchev–Trinajstić information content (AvgIpc) is 3.24. The lowest BCUT2D eigenvalue weighted by Gasteiger charge is -2.07. The summed E-state index contributed by atoms with van der Waals surface area (Å²) in [5.74, 6) is 1.19. The summed E-state index contributed by atoms with van der Waals surface area (Å²) in [7, 11) is 0. The third-order valence-electron chi connectivity index (χ3n) is 4.63. The van der Waals surface area contributed by atoms with Crippen LogP contribution in [0.1, 0.15) is 42.6 Å². The van der Waals surface area contributed by atoms with Gasteiger partial charge in [-0.3, -0.25) is 4.79 Å². The Morgan fingerprint density at radius 2 is 1.96 bits per heavy atom. The summed E-state index contributed by atoms with van der Waals surface area (Å²) in [5.41, 5.74) is 5.97. The highest BCUT2D eigenvalue weighted by Gasteiger charge is 2.18. The largest absolute Gasteiger partial charge is 0.339 e. The summed E-state index contributed by atoms with van der Waals surface area (Å²) < 4.78 is 5.17. The van der Waals surface area contributed by atoms with Crippen LogP contribution in [0.25, 0.3) is 11.1 Å². The molecule has 0 fully saturated rings. The summed E-state index contributed by atoms with van der Waals surface area (Å²) in [5, 5.41) is 6.88. The molecule has 1 heterocycles. The monoisotopic (exact) mass is 347 g/mol. The van der Waals surface area contributed by atoms with Crippen LogP contribution in [0.5, 0.6) is 0 Å². The Morgan fingerprint density at radius 3 is 2.85 bits per heavy atom. The van der Waals surface area contributed by atoms with E-state index in [2.05, 4.69) is 58.8 Å². The molecule has 5 heteroatoms. The molecule has 0 saturated carbocycles. The van der Waals surface area contributed by atoms with E-state index in [0.29, 0.717) is 24.6 Å². The van der Waals surface area contributed by atoms with E-state index < -0.39 is 0 Å². The summed E-state index contributed by atoms with van der Waals surface area (Å²) in [6.45, 7) is 2.07. The van der Waals surface area contributed by atoms with Crippen LogP contribution in [0.15, 0.2) is 47.0 Å². The molecule has 0 aliphatic heterocycles. The van der Waals surface area contributed by atoms with Crippen molar-refractivity contribution in [1.29, 1.82) is 0 Å². The lowest BCUT2D eigenvalue weighted by molar-refractivity contribution is -0.116. The minimum atomic E-state index is -0.0456. The van der Waals surface area contributed by atoms with Gasteiger partial charge >= 0.3 is 0 Å². The highest BCUT2D eigenvalue weighted by Crippen LogP contribution is 2.37. The van der Waals surface area contributed by atoms with Crippen molar-refractivity contribution in [2.75, 3.05) is 5.32 Å². The molecule has 0 bridgehead atoms. The zero-order chi connectivity index (χ0) is 17.9. The molecule has 1 amide bonds. The van der Waals surface area contributed by atoms with Crippen LogP contribution >= 0.6 is 0 Å². The van der Waals surface area contributed by atoms with Crippen LogP contribution < -0.4 is 5.32 Å². The van der Waals surface area contributed by atoms with E-state index in [0.717, 1.165) is 24.9 Å². The second-order valence-corrected chi connectivity index (χ2v) is 6.61. The number of fused-ring (bicyclic) bond motifs is 3. The molecular formula is C21H21N3O2. The standard InChI is InChI=1S/C21H21N3O2/c1-2-5-19-23-21(26-24-19)11-10-20(25)22-16-8-9-18-15(13-16)12-14-6-3-4-7-17(14)18/h3-4,6-9,13H,2,5,10-12H2,1H3,(H,22,25). The average molecular weight is 347 g/mol. The maximum absolute atomic E-state index is 12.2. The van der Waals surface area contributed by atoms with Crippen LogP contribution in [-0.4, -0.2) is 16.0 Å². The lowest BCUT2D eigenvalue weighted by Crippen LogP contribution is -2.12. The number of benzene rings is 2. The van der Waals surface area contributed by atoms with Gasteiger partial charge in [-0.2, -0.15) is 4.98 Å². The van der Waals surface area contributed by atoms with Gasteiger partial charge < -0.3 is 9.84 Å². The van der Waals surface area contributed by atoms with Gasteiger partial charge in [-0.05, 0) is 47.2 Å². The van der Waals surface area contributed by atoms with Gasteiger partial charge in [0.15, 0.2) is 5.82 Å². The van der Waals surface area contributed by atoms with E-state index in [9.17, 15) is 4.79 Å². The molecule has 26 heavy (non-hydrogen) atoms. The molecule has 0 saturated heterocycles. The number of aromatic nitrogens is 2. The first-order valence-electron chi connectivity index (χ1n) is 9.05. The minimum Gasteiger partial charge on any atom is -0.339 e. The zero-order valence-electron chi connectivity index (χ0n) is 14.8. The van der Waals surface area contributed by atoms with Gasteiger partial charge in [-0.25, -0.2) is 0 Å². The summed E-state index contributed by atoms with van der Waals surface area (Å²) in [4.78, 5) is 16.5. The molecule has 4 rings (SSSR count). The second-order valence-electron chi connectivity index (χ2n) is 6.61. The third kappa shape index (κ3) is 3.38. The molecular weight excluding hydrogens is 326 g/mol. The molecule has 1 N–H and O–H groups in total. The Morgan fingerprint density at radius 1 is 1.12 bits per heavy atom. The van der Waals surface area contributed by atoms with E-state index in [1.54, 1.807) is 0 Å². The van der Waals surface area contributed by atoms with Gasteiger partial charge in [0.2, 0.25) is 11.8 Å². The van der Waals surface area contributed by atoms with Gasteiger partial charge in [0.25, 0.3) is 0 Å². The number of nitrogens with one attached hydrogen (secondary N) is 1. The number of aryl methyl sites for hydroxylation is 2. The fourth-order valence-electron chi connectivity index (χ4n) is 3.38. The maximum atomic E-state index is 12.2. The van der Waals surface area contributed by atoms with E-state index in [4.69, 9.17) is 4.52 Å². The number of carbonyl (C=O) groups excluding carboxylic acids is 1. The van der Waals surface area contributed by atoms with Gasteiger partial charge in [-0.1, -0.05) is 42.4 Å². The first-order valence-corrected chi connectivity index (χ1v) is 9.05. The Bertz CT molecular complexity index is 946. The van der Waals surface area contributed by atoms with E-state index >= 15 is 0 Å².